The van der Waals surface area contributed by atoms with Crippen LogP contribution in [0.4, 0.5) is 10.6 Å². The van der Waals surface area contributed by atoms with Crippen LogP contribution in [0.25, 0.3) is 0 Å². The van der Waals surface area contributed by atoms with Gasteiger partial charge in [0.2, 0.25) is 5.88 Å². The monoisotopic (exact) mass is 373 g/mol. The standard InChI is InChI=1S/C20H31N5O2/c1-27-18-12-17(21-15-22-18)24-10-5-8-20(13-24)9-11-25(14-20)19(26)23-16-6-3-2-4-7-16/h12,15-16H,2-11,13-14H2,1H3,(H,23,26)/t20-/m1/s1. The molecule has 148 valence electrons. The lowest BCUT2D eigenvalue weighted by molar-refractivity contribution is 0.185. The number of likely N-dealkylation sites (tertiary alicyclic amines) is 1. The molecule has 4 rings (SSSR count). The second-order valence-corrected chi connectivity index (χ2v) is 8.40. The van der Waals surface area contributed by atoms with Crippen LogP contribution in [0.5, 0.6) is 5.88 Å². The average Bonchev–Trinajstić information content (AvgIpc) is 3.12. The molecule has 1 aromatic rings. The van der Waals surface area contributed by atoms with Crippen LogP contribution in [0.1, 0.15) is 51.4 Å². The van der Waals surface area contributed by atoms with E-state index in [1.54, 1.807) is 13.4 Å². The second kappa shape index (κ2) is 7.90. The first-order valence-electron chi connectivity index (χ1n) is 10.3. The van der Waals surface area contributed by atoms with Crippen LogP contribution in [0.15, 0.2) is 12.4 Å². The normalized spacial score (nSPS) is 26.4. The summed E-state index contributed by atoms with van der Waals surface area (Å²) in [5.74, 6) is 1.52. The van der Waals surface area contributed by atoms with Crippen LogP contribution in [0.2, 0.25) is 0 Å². The molecule has 1 spiro atoms. The van der Waals surface area contributed by atoms with Crippen LogP contribution in [0.3, 0.4) is 0 Å². The van der Waals surface area contributed by atoms with Gasteiger partial charge in [0, 0.05) is 43.7 Å². The molecule has 1 N–H and O–H groups in total. The first kappa shape index (κ1) is 18.3. The Morgan fingerprint density at radius 1 is 1.15 bits per heavy atom. The van der Waals surface area contributed by atoms with E-state index < -0.39 is 0 Å². The van der Waals surface area contributed by atoms with Gasteiger partial charge in [0.05, 0.1) is 7.11 Å². The number of ether oxygens (including phenoxy) is 1. The second-order valence-electron chi connectivity index (χ2n) is 8.40. The molecule has 3 aliphatic rings. The Morgan fingerprint density at radius 2 is 2.00 bits per heavy atom. The van der Waals surface area contributed by atoms with Crippen LogP contribution >= 0.6 is 0 Å². The summed E-state index contributed by atoms with van der Waals surface area (Å²) in [6.07, 6.45) is 11.0. The zero-order chi connectivity index (χ0) is 18.7. The SMILES string of the molecule is COc1cc(N2CCC[C@@]3(CCN(C(=O)NC4CCCCC4)C3)C2)ncn1. The molecule has 27 heavy (non-hydrogen) atoms. The van der Waals surface area contributed by atoms with E-state index in [0.29, 0.717) is 11.9 Å². The number of nitrogens with zero attached hydrogens (tertiary/aromatic N) is 4. The molecule has 3 fully saturated rings. The van der Waals surface area contributed by atoms with Crippen molar-refractivity contribution in [1.29, 1.82) is 0 Å². The molecule has 0 aromatic carbocycles. The highest BCUT2D eigenvalue weighted by atomic mass is 16.5. The fraction of sp³-hybridized carbons (Fsp3) is 0.750. The molecule has 7 nitrogen and oxygen atoms in total. The molecule has 1 aliphatic carbocycles. The molecule has 0 radical (unpaired) electrons. The van der Waals surface area contributed by atoms with Crippen molar-refractivity contribution in [2.24, 2.45) is 5.41 Å². The molecule has 2 aliphatic heterocycles. The van der Waals surface area contributed by atoms with Gasteiger partial charge in [0.1, 0.15) is 12.1 Å². The summed E-state index contributed by atoms with van der Waals surface area (Å²) < 4.78 is 5.24. The maximum absolute atomic E-state index is 12.7. The topological polar surface area (TPSA) is 70.6 Å². The van der Waals surface area contributed by atoms with E-state index in [0.717, 1.165) is 57.7 Å². The highest BCUT2D eigenvalue weighted by Gasteiger charge is 2.43. The van der Waals surface area contributed by atoms with Crippen molar-refractivity contribution >= 4 is 11.8 Å². The number of carbonyl (C=O) groups excluding carboxylic acids is 1. The third kappa shape index (κ3) is 4.12. The van der Waals surface area contributed by atoms with E-state index in [4.69, 9.17) is 4.74 Å². The van der Waals surface area contributed by atoms with Crippen molar-refractivity contribution in [3.8, 4) is 5.88 Å². The number of anilines is 1. The number of amides is 2. The fourth-order valence-corrected chi connectivity index (χ4v) is 4.97. The highest BCUT2D eigenvalue weighted by molar-refractivity contribution is 5.75. The number of hydrogen-bond donors (Lipinski definition) is 1. The first-order valence-corrected chi connectivity index (χ1v) is 10.3. The predicted octanol–water partition coefficient (Wildman–Crippen LogP) is 2.82. The van der Waals surface area contributed by atoms with Crippen molar-refractivity contribution in [3.63, 3.8) is 0 Å². The number of rotatable bonds is 3. The van der Waals surface area contributed by atoms with Crippen LogP contribution in [-0.2, 0) is 0 Å². The summed E-state index contributed by atoms with van der Waals surface area (Å²) in [7, 11) is 1.63. The molecule has 0 bridgehead atoms. The van der Waals surface area contributed by atoms with E-state index in [-0.39, 0.29) is 11.4 Å². The van der Waals surface area contributed by atoms with Crippen molar-refractivity contribution in [3.05, 3.63) is 12.4 Å². The Bertz CT molecular complexity index is 664. The van der Waals surface area contributed by atoms with Crippen molar-refractivity contribution in [2.45, 2.75) is 57.4 Å². The lowest BCUT2D eigenvalue weighted by Gasteiger charge is -2.41. The largest absolute Gasteiger partial charge is 0.481 e. The molecule has 1 saturated carbocycles. The van der Waals surface area contributed by atoms with E-state index in [1.807, 2.05) is 11.0 Å². The maximum Gasteiger partial charge on any atom is 0.317 e. The van der Waals surface area contributed by atoms with Crippen LogP contribution < -0.4 is 15.0 Å². The Balaban J connectivity index is 1.37. The van der Waals surface area contributed by atoms with Gasteiger partial charge in [0.15, 0.2) is 0 Å². The zero-order valence-electron chi connectivity index (χ0n) is 16.3. The summed E-state index contributed by atoms with van der Waals surface area (Å²) in [5, 5.41) is 3.28. The number of urea groups is 1. The van der Waals surface area contributed by atoms with Crippen LogP contribution in [-0.4, -0.2) is 60.2 Å². The Labute approximate surface area is 161 Å². The number of carbonyl (C=O) groups is 1. The summed E-state index contributed by atoms with van der Waals surface area (Å²) in [6.45, 7) is 3.65. The summed E-state index contributed by atoms with van der Waals surface area (Å²) >= 11 is 0. The van der Waals surface area contributed by atoms with Gasteiger partial charge < -0.3 is 19.9 Å². The van der Waals surface area contributed by atoms with Crippen molar-refractivity contribution < 1.29 is 9.53 Å². The quantitative estimate of drug-likeness (QED) is 0.882. The van der Waals surface area contributed by atoms with Crippen LogP contribution in [0, 0.1) is 5.41 Å². The third-order valence-electron chi connectivity index (χ3n) is 6.48. The smallest absolute Gasteiger partial charge is 0.317 e. The lowest BCUT2D eigenvalue weighted by atomic mass is 9.79. The molecule has 2 amide bonds. The third-order valence-corrected chi connectivity index (χ3v) is 6.48. The van der Waals surface area contributed by atoms with Gasteiger partial charge in [-0.25, -0.2) is 14.8 Å². The number of methoxy groups -OCH3 is 1. The summed E-state index contributed by atoms with van der Waals surface area (Å²) in [5.41, 5.74) is 0.181. The van der Waals surface area contributed by atoms with Crippen molar-refractivity contribution in [1.82, 2.24) is 20.2 Å². The van der Waals surface area contributed by atoms with E-state index in [9.17, 15) is 4.79 Å². The highest BCUT2D eigenvalue weighted by Crippen LogP contribution is 2.40. The number of nitrogens with one attached hydrogen (secondary N) is 1. The van der Waals surface area contributed by atoms with E-state index >= 15 is 0 Å². The van der Waals surface area contributed by atoms with Gasteiger partial charge in [-0.3, -0.25) is 0 Å². The maximum atomic E-state index is 12.7. The fourth-order valence-electron chi connectivity index (χ4n) is 4.97. The average molecular weight is 374 g/mol. The van der Waals surface area contributed by atoms with Gasteiger partial charge in [-0.2, -0.15) is 0 Å². The number of hydrogen-bond acceptors (Lipinski definition) is 5. The number of piperidine rings is 1. The predicted molar refractivity (Wildman–Crippen MR) is 104 cm³/mol. The van der Waals surface area contributed by atoms with E-state index in [2.05, 4.69) is 20.2 Å². The first-order chi connectivity index (χ1) is 13.2. The molecule has 7 heteroatoms. The number of aromatic nitrogens is 2. The Hall–Kier alpha value is -2.05. The molecular weight excluding hydrogens is 342 g/mol. The van der Waals surface area contributed by atoms with Gasteiger partial charge in [-0.05, 0) is 32.1 Å². The zero-order valence-corrected chi connectivity index (χ0v) is 16.3. The summed E-state index contributed by atoms with van der Waals surface area (Å²) in [4.78, 5) is 25.7. The minimum absolute atomic E-state index is 0.139. The van der Waals surface area contributed by atoms with Gasteiger partial charge in [-0.15, -0.1) is 0 Å². The molecule has 1 aromatic heterocycles. The molecular formula is C20H31N5O2. The van der Waals surface area contributed by atoms with Gasteiger partial charge >= 0.3 is 6.03 Å². The molecule has 2 saturated heterocycles. The molecule has 1 atom stereocenters. The Kier molecular flexibility index (Phi) is 5.36. The molecule has 0 unspecified atom stereocenters. The molecule has 3 heterocycles. The van der Waals surface area contributed by atoms with E-state index in [1.165, 1.54) is 25.7 Å². The Morgan fingerprint density at radius 3 is 2.81 bits per heavy atom. The minimum atomic E-state index is 0.139. The lowest BCUT2D eigenvalue weighted by Crippen LogP contribution is -2.48. The summed E-state index contributed by atoms with van der Waals surface area (Å²) in [6, 6.07) is 2.42. The minimum Gasteiger partial charge on any atom is -0.481 e. The van der Waals surface area contributed by atoms with Gasteiger partial charge in [-0.1, -0.05) is 19.3 Å². The van der Waals surface area contributed by atoms with Gasteiger partial charge in [0.25, 0.3) is 0 Å². The van der Waals surface area contributed by atoms with Crippen molar-refractivity contribution in [2.75, 3.05) is 38.2 Å².